The zero-order valence-corrected chi connectivity index (χ0v) is 38.2. The summed E-state index contributed by atoms with van der Waals surface area (Å²) < 4.78 is 39.7. The van der Waals surface area contributed by atoms with Gasteiger partial charge in [0.25, 0.3) is 5.56 Å². The van der Waals surface area contributed by atoms with Crippen molar-refractivity contribution in [1.29, 1.82) is 0 Å². The summed E-state index contributed by atoms with van der Waals surface area (Å²) in [5.74, 6) is -0.425. The van der Waals surface area contributed by atoms with E-state index in [2.05, 4.69) is 40.8 Å². The molecule has 14 nitrogen and oxygen atoms in total. The molecule has 61 heavy (non-hydrogen) atoms. The third-order valence-corrected chi connectivity index (χ3v) is 13.0. The lowest BCUT2D eigenvalue weighted by atomic mass is 9.99. The predicted molar refractivity (Wildman–Crippen MR) is 242 cm³/mol. The summed E-state index contributed by atoms with van der Waals surface area (Å²) in [7, 11) is -4.24. The Kier molecular flexibility index (Phi) is 21.5. The van der Waals surface area contributed by atoms with Crippen molar-refractivity contribution in [3.05, 3.63) is 52.6 Å². The number of carbonyl (C=O) groups is 2. The number of nitrogens with zero attached hydrogens (tertiary/aromatic N) is 3. The molecule has 1 saturated carbocycles. The van der Waals surface area contributed by atoms with Gasteiger partial charge in [0.05, 0.1) is 18.6 Å². The molecule has 2 heterocycles. The van der Waals surface area contributed by atoms with Gasteiger partial charge in [0, 0.05) is 12.6 Å². The van der Waals surface area contributed by atoms with Gasteiger partial charge in [-0.1, -0.05) is 142 Å². The van der Waals surface area contributed by atoms with Crippen LogP contribution in [0.1, 0.15) is 163 Å². The molecule has 4 N–H and O–H groups in total. The van der Waals surface area contributed by atoms with E-state index in [4.69, 9.17) is 24.3 Å². The van der Waals surface area contributed by atoms with E-state index in [0.717, 1.165) is 50.5 Å². The van der Waals surface area contributed by atoms with Crippen molar-refractivity contribution in [3.8, 4) is 5.75 Å². The van der Waals surface area contributed by atoms with E-state index in [0.29, 0.717) is 12.8 Å². The van der Waals surface area contributed by atoms with Crippen LogP contribution in [0.3, 0.4) is 0 Å². The quantitative estimate of drug-likeness (QED) is 0.0299. The minimum atomic E-state index is -4.24. The summed E-state index contributed by atoms with van der Waals surface area (Å²) in [4.78, 5) is 49.6. The van der Waals surface area contributed by atoms with Gasteiger partial charge in [-0.2, -0.15) is 10.1 Å². The van der Waals surface area contributed by atoms with Crippen molar-refractivity contribution >= 4 is 43.0 Å². The summed E-state index contributed by atoms with van der Waals surface area (Å²) >= 11 is 0. The van der Waals surface area contributed by atoms with Crippen LogP contribution in [0.15, 0.2) is 47.0 Å². The molecule has 15 heteroatoms. The number of fused-ring (bicyclic) bond motifs is 1. The maximum absolute atomic E-state index is 14.5. The first-order valence-electron chi connectivity index (χ1n) is 23.0. The van der Waals surface area contributed by atoms with Crippen molar-refractivity contribution < 1.29 is 32.7 Å². The Hall–Kier alpha value is -4.00. The Morgan fingerprint density at radius 2 is 1.49 bits per heavy atom. The number of rotatable bonds is 33. The number of para-hydroxylation sites is 1. The van der Waals surface area contributed by atoms with Gasteiger partial charge in [-0.25, -0.2) is 9.55 Å². The topological polar surface area (TPSA) is 190 Å². The maximum Gasteiger partial charge on any atom is 0.459 e. The van der Waals surface area contributed by atoms with Gasteiger partial charge in [-0.05, 0) is 56.2 Å². The molecule has 1 aliphatic carbocycles. The molecule has 1 fully saturated rings. The van der Waals surface area contributed by atoms with Gasteiger partial charge in [0.1, 0.15) is 24.7 Å². The molecule has 4 rings (SSSR count). The number of nitrogen functional groups attached to an aromatic ring is 1. The normalized spacial score (nSPS) is 17.1. The number of hydrogen-bond donors (Lipinski definition) is 3. The number of aromatic amines is 1. The van der Waals surface area contributed by atoms with Crippen LogP contribution in [0.5, 0.6) is 5.75 Å². The SMILES string of the molecule is CCCCCCCCCCCCCCCCCC(=O)OCC1(CO[P@@](=O)(N[C@@H](C)C(=O)OCC(CCC)CCC)Oc2ccccc2)C/C1=C/n1cnc2c(=O)[nH]c(N)nc21. The molecule has 0 amide bonds. The molecule has 0 aliphatic heterocycles. The minimum absolute atomic E-state index is 0.0433. The summed E-state index contributed by atoms with van der Waals surface area (Å²) in [6.45, 7) is 8.07. The lowest BCUT2D eigenvalue weighted by molar-refractivity contribution is -0.147. The lowest BCUT2D eigenvalue weighted by Gasteiger charge is -2.25. The minimum Gasteiger partial charge on any atom is -0.465 e. The number of aromatic nitrogens is 4. The van der Waals surface area contributed by atoms with Crippen LogP contribution in [0.2, 0.25) is 0 Å². The second kappa shape index (κ2) is 26.5. The van der Waals surface area contributed by atoms with E-state index < -0.39 is 30.7 Å². The first kappa shape index (κ1) is 49.7. The van der Waals surface area contributed by atoms with Crippen molar-refractivity contribution in [2.75, 3.05) is 25.6 Å². The van der Waals surface area contributed by atoms with Crippen LogP contribution in [0.4, 0.5) is 5.95 Å². The van der Waals surface area contributed by atoms with E-state index >= 15 is 0 Å². The van der Waals surface area contributed by atoms with Gasteiger partial charge in [-0.15, -0.1) is 0 Å². The molecule has 3 aromatic rings. The number of unbranched alkanes of at least 4 members (excludes halogenated alkanes) is 14. The van der Waals surface area contributed by atoms with Crippen LogP contribution < -0.4 is 20.9 Å². The van der Waals surface area contributed by atoms with E-state index in [1.807, 2.05) is 0 Å². The van der Waals surface area contributed by atoms with Crippen LogP contribution in [-0.2, 0) is 28.2 Å². The monoisotopic (exact) mass is 869 g/mol. The molecule has 0 spiro atoms. The molecular weight excluding hydrogens is 796 g/mol. The van der Waals surface area contributed by atoms with E-state index in [9.17, 15) is 18.9 Å². The van der Waals surface area contributed by atoms with E-state index in [1.165, 1.54) is 83.4 Å². The smallest absolute Gasteiger partial charge is 0.459 e. The highest BCUT2D eigenvalue weighted by Crippen LogP contribution is 2.56. The molecule has 0 radical (unpaired) electrons. The van der Waals surface area contributed by atoms with Gasteiger partial charge in [-0.3, -0.25) is 28.5 Å². The summed E-state index contributed by atoms with van der Waals surface area (Å²) in [6, 6.07) is 7.54. The first-order valence-corrected chi connectivity index (χ1v) is 24.6. The second-order valence-electron chi connectivity index (χ2n) is 16.8. The molecule has 3 atom stereocenters. The largest absolute Gasteiger partial charge is 0.465 e. The number of esters is 2. The summed E-state index contributed by atoms with van der Waals surface area (Å²) in [5.41, 5.74) is 5.64. The van der Waals surface area contributed by atoms with Gasteiger partial charge in [0.2, 0.25) is 5.95 Å². The van der Waals surface area contributed by atoms with Gasteiger partial charge in [0.15, 0.2) is 11.2 Å². The van der Waals surface area contributed by atoms with Crippen molar-refractivity contribution in [2.45, 2.75) is 169 Å². The number of anilines is 1. The highest BCUT2D eigenvalue weighted by atomic mass is 31.2. The third-order valence-electron chi connectivity index (χ3n) is 11.4. The average Bonchev–Trinajstić information content (AvgIpc) is 3.77. The molecule has 0 saturated heterocycles. The molecule has 1 aliphatic rings. The van der Waals surface area contributed by atoms with Crippen molar-refractivity contribution in [1.82, 2.24) is 24.6 Å². The zero-order chi connectivity index (χ0) is 43.9. The highest BCUT2D eigenvalue weighted by molar-refractivity contribution is 7.52. The summed E-state index contributed by atoms with van der Waals surface area (Å²) in [5, 5.41) is 2.80. The maximum atomic E-state index is 14.5. The molecular formula is C46H73N6O8P. The number of carbonyl (C=O) groups excluding carboxylic acids is 2. The van der Waals surface area contributed by atoms with Crippen molar-refractivity contribution in [2.24, 2.45) is 11.3 Å². The Morgan fingerprint density at radius 1 is 0.885 bits per heavy atom. The Labute approximate surface area is 363 Å². The first-order chi connectivity index (χ1) is 29.5. The fourth-order valence-corrected chi connectivity index (χ4v) is 9.21. The summed E-state index contributed by atoms with van der Waals surface area (Å²) in [6.07, 6.45) is 26.3. The van der Waals surface area contributed by atoms with Crippen LogP contribution in [0.25, 0.3) is 17.4 Å². The fraction of sp³-hybridized carbons (Fsp3) is 0.674. The number of H-pyrrole nitrogens is 1. The number of hydrogen-bond acceptors (Lipinski definition) is 11. The predicted octanol–water partition coefficient (Wildman–Crippen LogP) is 10.7. The van der Waals surface area contributed by atoms with Gasteiger partial charge < -0.3 is 19.7 Å². The average molecular weight is 869 g/mol. The number of nitrogens with one attached hydrogen (secondary N) is 2. The van der Waals surface area contributed by atoms with E-state index in [-0.39, 0.29) is 54.6 Å². The van der Waals surface area contributed by atoms with Crippen LogP contribution in [0, 0.1) is 11.3 Å². The van der Waals surface area contributed by atoms with Gasteiger partial charge >= 0.3 is 19.7 Å². The third kappa shape index (κ3) is 17.4. The Bertz CT molecular complexity index is 1900. The molecule has 1 aromatic carbocycles. The Balaban J connectivity index is 1.36. The number of nitrogens with two attached hydrogens (primary N) is 1. The van der Waals surface area contributed by atoms with E-state index in [1.54, 1.807) is 48.0 Å². The number of imidazole rings is 1. The molecule has 340 valence electrons. The number of ether oxygens (including phenoxy) is 2. The molecule has 2 aromatic heterocycles. The van der Waals surface area contributed by atoms with Crippen molar-refractivity contribution in [3.63, 3.8) is 0 Å². The highest BCUT2D eigenvalue weighted by Gasteiger charge is 2.52. The zero-order valence-electron chi connectivity index (χ0n) is 37.3. The van der Waals surface area contributed by atoms with Crippen LogP contribution >= 0.6 is 7.75 Å². The number of benzene rings is 1. The Morgan fingerprint density at radius 3 is 2.10 bits per heavy atom. The second-order valence-corrected chi connectivity index (χ2v) is 18.5. The fourth-order valence-electron chi connectivity index (χ4n) is 7.63. The molecule has 1 unspecified atom stereocenters. The van der Waals surface area contributed by atoms with Crippen LogP contribution in [-0.4, -0.2) is 57.3 Å². The lowest BCUT2D eigenvalue weighted by Crippen LogP contribution is -2.36. The standard InChI is InChI=1S/C46H73N6O8P/c1-5-8-9-10-11-12-13-14-15-16-17-18-19-20-24-29-40(53)58-33-46(30-38(46)31-52-35-48-41-42(52)49-45(47)50-43(41)54)34-59-61(56,60-39-27-22-21-23-28-39)51-36(4)44(55)57-32-37(25-6-2)26-7-3/h21-23,27-28,31,35-37H,5-20,24-26,29-30,32-34H2,1-4H3,(H,51,56)(H3,47,49,50,54)/b38-31-/t36-,46?,61-/m0/s1. The molecule has 0 bridgehead atoms.